The summed E-state index contributed by atoms with van der Waals surface area (Å²) in [6.45, 7) is 20.1. The van der Waals surface area contributed by atoms with Crippen molar-refractivity contribution in [2.24, 2.45) is 29.6 Å². The van der Waals surface area contributed by atoms with Gasteiger partial charge in [-0.25, -0.2) is 13.1 Å². The van der Waals surface area contributed by atoms with Crippen molar-refractivity contribution in [2.75, 3.05) is 32.1 Å². The number of nitrogens with zero attached hydrogens (tertiary/aromatic N) is 1. The molecule has 18 nitrogen and oxygen atoms in total. The number of hydrogen-bond donors (Lipinski definition) is 9. The standard InChI is InChI=1S/C49H82N8O10S/c1-28(2)23-36(39(58)26-42(60)50-21-16-22-51-68(66,67)41-20-15-17-34-35(41)18-14-19-38(34)57(12)13)53-47(63)33(11)52-44(62)27-40(59)37(24-29(3)4)54-48(64)46(32(9)10)56-49(65)45(31(7)8)55-43(61)25-30(5)6/h14-15,17-20,28-33,36-37,39-40,45-46,51,58-59H,16,21-27H2,1-13H3,(H,50,60)(H,52,62)(H,53,63)(H,54,64)(H,55,61)(H,56,65)/t33-,36-,37-,39-,40-,45-,46-/m0/s1. The number of amides is 6. The van der Waals surface area contributed by atoms with Crippen LogP contribution in [0.4, 0.5) is 5.69 Å². The summed E-state index contributed by atoms with van der Waals surface area (Å²) in [7, 11) is -0.103. The van der Waals surface area contributed by atoms with E-state index >= 15 is 0 Å². The molecule has 68 heavy (non-hydrogen) atoms. The lowest BCUT2D eigenvalue weighted by Gasteiger charge is -2.31. The van der Waals surface area contributed by atoms with Crippen molar-refractivity contribution in [3.8, 4) is 0 Å². The van der Waals surface area contributed by atoms with Gasteiger partial charge < -0.3 is 47.0 Å². The van der Waals surface area contributed by atoms with Gasteiger partial charge in [0.15, 0.2) is 0 Å². The average molecular weight is 975 g/mol. The van der Waals surface area contributed by atoms with Crippen molar-refractivity contribution in [1.82, 2.24) is 36.6 Å². The third kappa shape index (κ3) is 19.6. The molecule has 2 aromatic carbocycles. The number of rotatable bonds is 29. The van der Waals surface area contributed by atoms with Crippen LogP contribution in [0.2, 0.25) is 0 Å². The zero-order chi connectivity index (χ0) is 51.6. The number of benzene rings is 2. The lowest BCUT2D eigenvalue weighted by molar-refractivity contribution is -0.134. The zero-order valence-electron chi connectivity index (χ0n) is 42.6. The van der Waals surface area contributed by atoms with Crippen molar-refractivity contribution in [2.45, 2.75) is 162 Å². The van der Waals surface area contributed by atoms with Crippen molar-refractivity contribution in [1.29, 1.82) is 0 Å². The summed E-state index contributed by atoms with van der Waals surface area (Å²) in [6, 6.07) is 5.83. The van der Waals surface area contributed by atoms with Crippen LogP contribution >= 0.6 is 0 Å². The third-order valence-corrected chi connectivity index (χ3v) is 12.8. The van der Waals surface area contributed by atoms with Gasteiger partial charge in [0.25, 0.3) is 0 Å². The van der Waals surface area contributed by atoms with Crippen LogP contribution in [0.1, 0.15) is 115 Å². The minimum Gasteiger partial charge on any atom is -0.390 e. The molecule has 0 aliphatic carbocycles. The summed E-state index contributed by atoms with van der Waals surface area (Å²) in [5, 5.41) is 40.2. The summed E-state index contributed by atoms with van der Waals surface area (Å²) in [5.74, 6) is -3.71. The Labute approximate surface area is 404 Å². The van der Waals surface area contributed by atoms with Crippen molar-refractivity contribution in [3.05, 3.63) is 36.4 Å². The number of sulfonamides is 1. The quantitative estimate of drug-likeness (QED) is 0.0535. The Morgan fingerprint density at radius 1 is 0.559 bits per heavy atom. The fourth-order valence-electron chi connectivity index (χ4n) is 7.73. The van der Waals surface area contributed by atoms with E-state index in [9.17, 15) is 47.4 Å². The van der Waals surface area contributed by atoms with Crippen LogP contribution in [0.25, 0.3) is 10.8 Å². The first-order valence-corrected chi connectivity index (χ1v) is 25.4. The van der Waals surface area contributed by atoms with Crippen LogP contribution in [0.3, 0.4) is 0 Å². The SMILES string of the molecule is CC(C)CC(=O)N[C@H](C(=O)N[C@H](C(=O)N[C@@H](CC(C)C)[C@@H](O)CC(=O)N[C@@H](C)C(=O)N[C@@H](CC(C)C)[C@@H](O)CC(=O)NCCCNS(=O)(=O)c1cccc2c(N(C)C)cccc12)C(C)C)C(C)C. The van der Waals surface area contributed by atoms with Crippen LogP contribution < -0.4 is 41.5 Å². The lowest BCUT2D eigenvalue weighted by atomic mass is 9.95. The minimum absolute atomic E-state index is 0.00576. The zero-order valence-corrected chi connectivity index (χ0v) is 43.4. The molecule has 384 valence electrons. The van der Waals surface area contributed by atoms with E-state index in [1.165, 1.54) is 6.92 Å². The molecule has 0 saturated heterocycles. The molecule has 0 fully saturated rings. The first-order chi connectivity index (χ1) is 31.6. The highest BCUT2D eigenvalue weighted by Crippen LogP contribution is 2.30. The van der Waals surface area contributed by atoms with Gasteiger partial charge in [-0.2, -0.15) is 0 Å². The van der Waals surface area contributed by atoms with Gasteiger partial charge in [-0.1, -0.05) is 93.5 Å². The van der Waals surface area contributed by atoms with Gasteiger partial charge in [0.2, 0.25) is 45.5 Å². The van der Waals surface area contributed by atoms with Crippen molar-refractivity contribution < 1.29 is 47.4 Å². The van der Waals surface area contributed by atoms with Gasteiger partial charge in [-0.15, -0.1) is 0 Å². The second kappa shape index (κ2) is 28.0. The molecule has 0 bridgehead atoms. The molecule has 0 aromatic heterocycles. The monoisotopic (exact) mass is 975 g/mol. The van der Waals surface area contributed by atoms with E-state index < -0.39 is 88.4 Å². The highest BCUT2D eigenvalue weighted by atomic mass is 32.2. The summed E-state index contributed by atoms with van der Waals surface area (Å²) in [5.41, 5.74) is 0.883. The van der Waals surface area contributed by atoms with E-state index in [0.717, 1.165) is 11.1 Å². The van der Waals surface area contributed by atoms with Crippen molar-refractivity contribution >= 4 is 61.9 Å². The maximum atomic E-state index is 13.7. The molecule has 0 spiro atoms. The molecule has 19 heteroatoms. The number of aliphatic hydroxyl groups excluding tert-OH is 2. The highest BCUT2D eigenvalue weighted by Gasteiger charge is 2.34. The molecule has 0 unspecified atom stereocenters. The Morgan fingerprint density at radius 3 is 1.57 bits per heavy atom. The maximum Gasteiger partial charge on any atom is 0.243 e. The largest absolute Gasteiger partial charge is 0.390 e. The molecule has 2 rings (SSSR count). The highest BCUT2D eigenvalue weighted by molar-refractivity contribution is 7.89. The second-order valence-corrected chi connectivity index (χ2v) is 21.8. The van der Waals surface area contributed by atoms with E-state index in [0.29, 0.717) is 18.2 Å². The van der Waals surface area contributed by atoms with Gasteiger partial charge in [0.1, 0.15) is 18.1 Å². The first-order valence-electron chi connectivity index (χ1n) is 24.0. The Kier molecular flexibility index (Phi) is 24.4. The van der Waals surface area contributed by atoms with Crippen LogP contribution in [0.15, 0.2) is 41.3 Å². The Hall–Kier alpha value is -4.85. The van der Waals surface area contributed by atoms with Crippen LogP contribution in [0.5, 0.6) is 0 Å². The van der Waals surface area contributed by atoms with Gasteiger partial charge in [0, 0.05) is 50.1 Å². The summed E-state index contributed by atoms with van der Waals surface area (Å²) >= 11 is 0. The van der Waals surface area contributed by atoms with E-state index in [1.54, 1.807) is 52.0 Å². The smallest absolute Gasteiger partial charge is 0.243 e. The molecule has 0 heterocycles. The molecule has 9 N–H and O–H groups in total. The minimum atomic E-state index is -3.87. The molecular formula is C49H82N8O10S. The van der Waals surface area contributed by atoms with Crippen molar-refractivity contribution in [3.63, 3.8) is 0 Å². The number of hydrogen-bond acceptors (Lipinski definition) is 11. The summed E-state index contributed by atoms with van der Waals surface area (Å²) < 4.78 is 29.1. The van der Waals surface area contributed by atoms with E-state index in [-0.39, 0.29) is 72.7 Å². The number of anilines is 1. The molecular weight excluding hydrogens is 893 g/mol. The predicted octanol–water partition coefficient (Wildman–Crippen LogP) is 3.09. The maximum absolute atomic E-state index is 13.7. The number of fused-ring (bicyclic) bond motifs is 1. The van der Waals surface area contributed by atoms with Gasteiger partial charge in [0.05, 0.1) is 42.0 Å². The molecule has 0 aliphatic rings. The van der Waals surface area contributed by atoms with E-state index in [1.807, 2.05) is 72.7 Å². The second-order valence-electron chi connectivity index (χ2n) is 20.1. The molecule has 7 atom stereocenters. The normalized spacial score (nSPS) is 15.1. The fraction of sp³-hybridized carbons (Fsp3) is 0.673. The number of nitrogens with one attached hydrogen (secondary N) is 7. The third-order valence-electron chi connectivity index (χ3n) is 11.3. The van der Waals surface area contributed by atoms with Gasteiger partial charge in [-0.05, 0) is 67.9 Å². The Morgan fingerprint density at radius 2 is 1.04 bits per heavy atom. The Bertz CT molecular complexity index is 2100. The lowest BCUT2D eigenvalue weighted by Crippen LogP contribution is -2.59. The fourth-order valence-corrected chi connectivity index (χ4v) is 9.02. The van der Waals surface area contributed by atoms with E-state index in [4.69, 9.17) is 0 Å². The Balaban J connectivity index is 1.98. The molecule has 0 radical (unpaired) electrons. The van der Waals surface area contributed by atoms with Crippen LogP contribution in [-0.4, -0.2) is 124 Å². The van der Waals surface area contributed by atoms with Gasteiger partial charge in [-0.3, -0.25) is 28.8 Å². The summed E-state index contributed by atoms with van der Waals surface area (Å²) in [6.07, 6.45) is -2.36. The van der Waals surface area contributed by atoms with Crippen LogP contribution in [-0.2, 0) is 38.8 Å². The molecule has 0 saturated carbocycles. The first kappa shape index (κ1) is 59.3. The van der Waals surface area contributed by atoms with Crippen LogP contribution in [0, 0.1) is 29.6 Å². The molecule has 0 aliphatic heterocycles. The number of aliphatic hydroxyl groups is 2. The molecule has 6 amide bonds. The summed E-state index contributed by atoms with van der Waals surface area (Å²) in [4.78, 5) is 81.2. The molecule has 2 aromatic rings. The van der Waals surface area contributed by atoms with E-state index in [2.05, 4.69) is 36.6 Å². The average Bonchev–Trinajstić information content (AvgIpc) is 3.22. The number of carbonyl (C=O) groups excluding carboxylic acids is 6. The number of carbonyl (C=O) groups is 6. The topological polar surface area (TPSA) is 264 Å². The van der Waals surface area contributed by atoms with Gasteiger partial charge >= 0.3 is 0 Å². The predicted molar refractivity (Wildman–Crippen MR) is 266 cm³/mol.